The van der Waals surface area contributed by atoms with E-state index in [0.29, 0.717) is 22.4 Å². The van der Waals surface area contributed by atoms with Crippen molar-refractivity contribution in [3.8, 4) is 0 Å². The Morgan fingerprint density at radius 3 is 2.55 bits per heavy atom. The number of hydrogen-bond acceptors (Lipinski definition) is 7. The van der Waals surface area contributed by atoms with Crippen molar-refractivity contribution >= 4 is 35.6 Å². The maximum Gasteiger partial charge on any atom is 0.265 e. The molecular formula is C36H48N6OS. The molecule has 5 heterocycles. The number of anilines is 2. The van der Waals surface area contributed by atoms with Gasteiger partial charge in [-0.3, -0.25) is 14.5 Å². The van der Waals surface area contributed by atoms with Gasteiger partial charge in [-0.1, -0.05) is 66.7 Å². The Morgan fingerprint density at radius 1 is 1.05 bits per heavy atom. The lowest BCUT2D eigenvalue weighted by Gasteiger charge is -2.34. The molecule has 2 aliphatic rings. The molecule has 0 saturated carbocycles. The van der Waals surface area contributed by atoms with Gasteiger partial charge in [0.2, 0.25) is 0 Å². The second-order valence-electron chi connectivity index (χ2n) is 15.2. The van der Waals surface area contributed by atoms with Gasteiger partial charge in [-0.25, -0.2) is 9.97 Å². The van der Waals surface area contributed by atoms with Gasteiger partial charge in [-0.2, -0.15) is 0 Å². The summed E-state index contributed by atoms with van der Waals surface area (Å²) in [6.07, 6.45) is 8.24. The number of carbonyl (C=O) groups excluding carboxylic acids is 1. The van der Waals surface area contributed by atoms with Crippen LogP contribution in [0, 0.1) is 17.3 Å². The Kier molecular flexibility index (Phi) is 8.87. The van der Waals surface area contributed by atoms with E-state index in [9.17, 15) is 4.79 Å². The van der Waals surface area contributed by atoms with Crippen LogP contribution in [0.1, 0.15) is 109 Å². The smallest absolute Gasteiger partial charge is 0.265 e. The number of allylic oxidation sites excluding steroid dienone is 1. The van der Waals surface area contributed by atoms with Gasteiger partial charge in [0.05, 0.1) is 17.3 Å². The van der Waals surface area contributed by atoms with Gasteiger partial charge < -0.3 is 10.2 Å². The number of aromatic nitrogens is 3. The molecule has 1 unspecified atom stereocenters. The van der Waals surface area contributed by atoms with Gasteiger partial charge in [0.15, 0.2) is 0 Å². The lowest BCUT2D eigenvalue weighted by molar-refractivity contribution is 0.0984. The average molecular weight is 613 g/mol. The summed E-state index contributed by atoms with van der Waals surface area (Å²) < 4.78 is 3.05. The summed E-state index contributed by atoms with van der Waals surface area (Å²) in [5, 5.41) is 4.43. The first-order valence-corrected chi connectivity index (χ1v) is 16.6. The molecular weight excluding hydrogens is 565 g/mol. The van der Waals surface area contributed by atoms with Crippen molar-refractivity contribution in [1.29, 1.82) is 0 Å². The highest BCUT2D eigenvalue weighted by Crippen LogP contribution is 2.43. The van der Waals surface area contributed by atoms with Crippen LogP contribution in [0.3, 0.4) is 0 Å². The van der Waals surface area contributed by atoms with Gasteiger partial charge in [0, 0.05) is 41.3 Å². The number of nitrogens with one attached hydrogen (secondary N) is 2. The van der Waals surface area contributed by atoms with E-state index < -0.39 is 0 Å². The summed E-state index contributed by atoms with van der Waals surface area (Å²) >= 11 is 1.23. The van der Waals surface area contributed by atoms with Crippen molar-refractivity contribution in [2.24, 2.45) is 17.3 Å². The quantitative estimate of drug-likeness (QED) is 0.281. The molecule has 1 amide bonds. The van der Waals surface area contributed by atoms with Crippen molar-refractivity contribution in [1.82, 2.24) is 19.7 Å². The maximum absolute atomic E-state index is 13.7. The fourth-order valence-corrected chi connectivity index (χ4v) is 6.71. The number of rotatable bonds is 2. The number of hydrogen-bond donors (Lipinski definition) is 2. The van der Waals surface area contributed by atoms with Crippen LogP contribution in [-0.4, -0.2) is 32.9 Å². The highest BCUT2D eigenvalue weighted by atomic mass is 32.2. The minimum Gasteiger partial charge on any atom is -0.362 e. The molecule has 8 heteroatoms. The largest absolute Gasteiger partial charge is 0.362 e. The first kappa shape index (κ1) is 32.0. The van der Waals surface area contributed by atoms with E-state index in [0.717, 1.165) is 48.0 Å². The number of amides is 1. The van der Waals surface area contributed by atoms with Crippen LogP contribution in [0.15, 0.2) is 59.8 Å². The van der Waals surface area contributed by atoms with Crippen LogP contribution in [0.25, 0.3) is 6.08 Å². The SMILES string of the molecule is C[C@H]1CC(c2cc(/C=C/C(C)(C)C)ccn2)Nc2cccc(n2)SNC(=O)c2ccc(C(C)(C)C)nc2N2C[C@@H]1CC2(C)C. The Bertz CT molecular complexity index is 1540. The normalized spacial score (nSPS) is 22.5. The van der Waals surface area contributed by atoms with Crippen LogP contribution < -0.4 is 14.9 Å². The molecule has 4 bridgehead atoms. The van der Waals surface area contributed by atoms with Gasteiger partial charge in [0.1, 0.15) is 16.7 Å². The van der Waals surface area contributed by atoms with Crippen LogP contribution in [0.5, 0.6) is 0 Å². The molecule has 0 aliphatic carbocycles. The van der Waals surface area contributed by atoms with E-state index in [1.807, 2.05) is 36.5 Å². The van der Waals surface area contributed by atoms with E-state index >= 15 is 0 Å². The van der Waals surface area contributed by atoms with Crippen LogP contribution >= 0.6 is 11.9 Å². The summed E-state index contributed by atoms with van der Waals surface area (Å²) in [5.41, 5.74) is 3.51. The predicted octanol–water partition coefficient (Wildman–Crippen LogP) is 8.46. The van der Waals surface area contributed by atoms with Crippen LogP contribution in [0.2, 0.25) is 0 Å². The van der Waals surface area contributed by atoms with E-state index in [2.05, 4.69) is 102 Å². The molecule has 7 nitrogen and oxygen atoms in total. The minimum atomic E-state index is -0.164. The molecule has 3 aromatic rings. The molecule has 2 aliphatic heterocycles. The standard InChI is InChI=1S/C36H48N6OS/c1-23-19-28(27-20-24(16-18-37-27)15-17-34(2,3)4)38-30-11-10-12-31(40-30)44-41-33(43)26-13-14-29(35(5,6)7)39-32(26)42-22-25(23)21-36(42,8)9/h10-18,20,23,25,28H,19,21-22H2,1-9H3,(H,38,40)(H,41,43)/b17-15+/t23-,25-,28?/m0/s1. The molecule has 0 spiro atoms. The second-order valence-corrected chi connectivity index (χ2v) is 16.0. The number of carbonyl (C=O) groups is 1. The Morgan fingerprint density at radius 2 is 1.82 bits per heavy atom. The fraction of sp³-hybridized carbons (Fsp3) is 0.500. The van der Waals surface area contributed by atoms with E-state index in [1.165, 1.54) is 11.9 Å². The Labute approximate surface area is 267 Å². The zero-order chi connectivity index (χ0) is 31.9. The van der Waals surface area contributed by atoms with Crippen molar-refractivity contribution in [2.45, 2.75) is 97.2 Å². The van der Waals surface area contributed by atoms with E-state index in [1.54, 1.807) is 0 Å². The summed E-state index contributed by atoms with van der Waals surface area (Å²) in [4.78, 5) is 30.9. The zero-order valence-electron chi connectivity index (χ0n) is 27.7. The van der Waals surface area contributed by atoms with Crippen molar-refractivity contribution < 1.29 is 4.79 Å². The number of fused-ring (bicyclic) bond motifs is 6. The highest BCUT2D eigenvalue weighted by Gasteiger charge is 2.43. The number of nitrogens with zero attached hydrogens (tertiary/aromatic N) is 4. The van der Waals surface area contributed by atoms with E-state index in [4.69, 9.17) is 15.0 Å². The van der Waals surface area contributed by atoms with Gasteiger partial charge in [-0.15, -0.1) is 0 Å². The summed E-state index contributed by atoms with van der Waals surface area (Å²) in [6.45, 7) is 20.9. The Balaban J connectivity index is 1.56. The molecule has 234 valence electrons. The predicted molar refractivity (Wildman–Crippen MR) is 183 cm³/mol. The fourth-order valence-electron chi connectivity index (χ4n) is 6.11. The molecule has 2 N–H and O–H groups in total. The topological polar surface area (TPSA) is 83.0 Å². The van der Waals surface area contributed by atoms with Crippen molar-refractivity contribution in [3.05, 3.63) is 77.3 Å². The molecule has 3 atom stereocenters. The van der Waals surface area contributed by atoms with Gasteiger partial charge >= 0.3 is 0 Å². The second kappa shape index (κ2) is 12.2. The summed E-state index contributed by atoms with van der Waals surface area (Å²) in [5.74, 6) is 2.15. The zero-order valence-corrected chi connectivity index (χ0v) is 28.5. The number of pyridine rings is 3. The van der Waals surface area contributed by atoms with Gasteiger partial charge in [-0.05, 0) is 85.9 Å². The molecule has 1 fully saturated rings. The third-order valence-electron chi connectivity index (χ3n) is 8.70. The summed E-state index contributed by atoms with van der Waals surface area (Å²) in [6, 6.07) is 14.0. The lowest BCUT2D eigenvalue weighted by atomic mass is 9.83. The lowest BCUT2D eigenvalue weighted by Crippen LogP contribution is -2.40. The molecule has 1 saturated heterocycles. The third kappa shape index (κ3) is 7.45. The maximum atomic E-state index is 13.7. The van der Waals surface area contributed by atoms with Crippen molar-refractivity contribution in [2.75, 3.05) is 16.8 Å². The van der Waals surface area contributed by atoms with Crippen LogP contribution in [-0.2, 0) is 5.41 Å². The third-order valence-corrected chi connectivity index (χ3v) is 9.42. The molecule has 44 heavy (non-hydrogen) atoms. The first-order valence-electron chi connectivity index (χ1n) is 15.7. The molecule has 5 rings (SSSR count). The first-order chi connectivity index (χ1) is 20.6. The average Bonchev–Trinajstić information content (AvgIpc) is 3.28. The van der Waals surface area contributed by atoms with Crippen molar-refractivity contribution in [3.63, 3.8) is 0 Å². The molecule has 3 aromatic heterocycles. The minimum absolute atomic E-state index is 0.0319. The molecule has 0 aromatic carbocycles. The Hall–Kier alpha value is -3.39. The highest BCUT2D eigenvalue weighted by molar-refractivity contribution is 7.97. The summed E-state index contributed by atoms with van der Waals surface area (Å²) in [7, 11) is 0. The van der Waals surface area contributed by atoms with Crippen LogP contribution in [0.4, 0.5) is 11.6 Å². The van der Waals surface area contributed by atoms with E-state index in [-0.39, 0.29) is 28.3 Å². The van der Waals surface area contributed by atoms with Gasteiger partial charge in [0.25, 0.3) is 5.91 Å². The molecule has 0 radical (unpaired) electrons. The monoisotopic (exact) mass is 612 g/mol.